The smallest absolute Gasteiger partial charge is 0.427 e. The van der Waals surface area contributed by atoms with Gasteiger partial charge in [-0.05, 0) is 34.8 Å². The Labute approximate surface area is 137 Å². The van der Waals surface area contributed by atoms with Gasteiger partial charge in [0.1, 0.15) is 0 Å². The van der Waals surface area contributed by atoms with Crippen LogP contribution in [0.3, 0.4) is 0 Å². The van der Waals surface area contributed by atoms with Crippen molar-refractivity contribution in [1.29, 1.82) is 0 Å². The van der Waals surface area contributed by atoms with E-state index in [0.29, 0.717) is 0 Å². The number of hydrogen-bond acceptors (Lipinski definition) is 2. The Bertz CT molecular complexity index is 758. The molecular weight excluding hydrogens is 283 g/mol. The molecule has 0 amide bonds. The number of benzene rings is 2. The maximum atomic E-state index is 9.11. The zero-order valence-corrected chi connectivity index (χ0v) is 12.9. The van der Waals surface area contributed by atoms with Gasteiger partial charge in [-0.3, -0.25) is 0 Å². The molecule has 0 heterocycles. The summed E-state index contributed by atoms with van der Waals surface area (Å²) in [6.07, 6.45) is 9.24. The molecule has 0 saturated heterocycles. The summed E-state index contributed by atoms with van der Waals surface area (Å²) < 4.78 is 0. The number of allylic oxidation sites excluding steroid dienone is 6. The molecule has 1 aliphatic carbocycles. The second kappa shape index (κ2) is 7.27. The molecule has 2 aromatic carbocycles. The van der Waals surface area contributed by atoms with Gasteiger partial charge < -0.3 is 10.0 Å². The van der Waals surface area contributed by atoms with E-state index in [1.807, 2.05) is 30.4 Å². The number of hydrogen-bond donors (Lipinski definition) is 2. The van der Waals surface area contributed by atoms with Gasteiger partial charge in [0.2, 0.25) is 0 Å². The maximum absolute atomic E-state index is 9.11. The molecule has 2 nitrogen and oxygen atoms in total. The van der Waals surface area contributed by atoms with Crippen molar-refractivity contribution in [2.45, 2.75) is 12.7 Å². The van der Waals surface area contributed by atoms with Crippen LogP contribution in [0.15, 0.2) is 84.5 Å². The lowest BCUT2D eigenvalue weighted by Crippen LogP contribution is -2.10. The minimum absolute atomic E-state index is 0.290. The molecular formula is C20H19BO2. The Morgan fingerprint density at radius 2 is 1.57 bits per heavy atom. The minimum Gasteiger partial charge on any atom is -0.427 e. The molecule has 3 heteroatoms. The van der Waals surface area contributed by atoms with Crippen LogP contribution >= 0.6 is 0 Å². The molecule has 0 saturated carbocycles. The van der Waals surface area contributed by atoms with E-state index in [0.717, 1.165) is 23.1 Å². The van der Waals surface area contributed by atoms with Crippen LogP contribution in [-0.2, 0) is 0 Å². The third-order valence-electron chi connectivity index (χ3n) is 3.92. The Morgan fingerprint density at radius 1 is 0.826 bits per heavy atom. The van der Waals surface area contributed by atoms with Crippen LogP contribution in [0.25, 0.3) is 16.7 Å². The zero-order valence-electron chi connectivity index (χ0n) is 12.9. The van der Waals surface area contributed by atoms with Crippen LogP contribution in [0.5, 0.6) is 0 Å². The van der Waals surface area contributed by atoms with Crippen LogP contribution in [0.4, 0.5) is 0 Å². The molecule has 0 radical (unpaired) electrons. The van der Waals surface area contributed by atoms with E-state index in [1.165, 1.54) is 11.1 Å². The van der Waals surface area contributed by atoms with Gasteiger partial charge in [0.25, 0.3) is 0 Å². The predicted octanol–water partition coefficient (Wildman–Crippen LogP) is 4.10. The molecule has 0 bridgehead atoms. The molecule has 23 heavy (non-hydrogen) atoms. The van der Waals surface area contributed by atoms with Crippen LogP contribution in [0.2, 0.25) is 6.32 Å². The summed E-state index contributed by atoms with van der Waals surface area (Å²) >= 11 is 0. The minimum atomic E-state index is -1.29. The summed E-state index contributed by atoms with van der Waals surface area (Å²) in [5.74, 6) is 0. The molecule has 0 aliphatic heterocycles. The lowest BCUT2D eigenvalue weighted by Gasteiger charge is -2.06. The highest BCUT2D eigenvalue weighted by molar-refractivity contribution is 6.42. The van der Waals surface area contributed by atoms with Crippen molar-refractivity contribution in [3.05, 3.63) is 90.0 Å². The largest absolute Gasteiger partial charge is 0.455 e. The zero-order chi connectivity index (χ0) is 16.1. The highest BCUT2D eigenvalue weighted by atomic mass is 16.4. The van der Waals surface area contributed by atoms with Gasteiger partial charge in [-0.1, -0.05) is 78.4 Å². The van der Waals surface area contributed by atoms with E-state index < -0.39 is 7.12 Å². The lowest BCUT2D eigenvalue weighted by molar-refractivity contribution is 0.409. The molecule has 3 rings (SSSR count). The van der Waals surface area contributed by atoms with Crippen molar-refractivity contribution in [2.24, 2.45) is 0 Å². The first-order valence-corrected chi connectivity index (χ1v) is 7.80. The van der Waals surface area contributed by atoms with Crippen LogP contribution in [0, 0.1) is 0 Å². The van der Waals surface area contributed by atoms with Gasteiger partial charge in [0.05, 0.1) is 0 Å². The number of rotatable bonds is 4. The van der Waals surface area contributed by atoms with E-state index in [1.54, 1.807) is 0 Å². The Balaban J connectivity index is 1.90. The summed E-state index contributed by atoms with van der Waals surface area (Å²) in [6.45, 7) is 0. The molecule has 0 unspecified atom stereocenters. The van der Waals surface area contributed by atoms with Gasteiger partial charge in [-0.2, -0.15) is 0 Å². The SMILES string of the molecule is OB(O)CC1=CC=C(c2cccc(-c3ccccc3)c2)C=CC1. The first-order chi connectivity index (χ1) is 11.2. The van der Waals surface area contributed by atoms with Crippen molar-refractivity contribution in [3.63, 3.8) is 0 Å². The summed E-state index contributed by atoms with van der Waals surface area (Å²) in [5.41, 5.74) is 5.70. The average molecular weight is 302 g/mol. The van der Waals surface area contributed by atoms with Gasteiger partial charge in [-0.15, -0.1) is 0 Å². The van der Waals surface area contributed by atoms with E-state index in [2.05, 4.69) is 48.6 Å². The molecule has 0 atom stereocenters. The molecule has 0 fully saturated rings. The molecule has 114 valence electrons. The van der Waals surface area contributed by atoms with E-state index >= 15 is 0 Å². The highest BCUT2D eigenvalue weighted by Gasteiger charge is 2.10. The van der Waals surface area contributed by atoms with Crippen molar-refractivity contribution in [1.82, 2.24) is 0 Å². The second-order valence-corrected chi connectivity index (χ2v) is 5.68. The van der Waals surface area contributed by atoms with Gasteiger partial charge >= 0.3 is 7.12 Å². The summed E-state index contributed by atoms with van der Waals surface area (Å²) in [7, 11) is -1.29. The average Bonchev–Trinajstić information content (AvgIpc) is 2.81. The molecule has 2 N–H and O–H groups in total. The monoisotopic (exact) mass is 302 g/mol. The van der Waals surface area contributed by atoms with Crippen molar-refractivity contribution in [3.8, 4) is 11.1 Å². The van der Waals surface area contributed by atoms with E-state index in [-0.39, 0.29) is 6.32 Å². The third kappa shape index (κ3) is 4.10. The van der Waals surface area contributed by atoms with Gasteiger partial charge in [-0.25, -0.2) is 0 Å². The maximum Gasteiger partial charge on any atom is 0.455 e. The van der Waals surface area contributed by atoms with Crippen LogP contribution in [0.1, 0.15) is 12.0 Å². The van der Waals surface area contributed by atoms with Crippen molar-refractivity contribution < 1.29 is 10.0 Å². The van der Waals surface area contributed by atoms with E-state index in [4.69, 9.17) is 10.0 Å². The fourth-order valence-corrected chi connectivity index (χ4v) is 2.76. The normalized spacial score (nSPS) is 14.0. The summed E-state index contributed by atoms with van der Waals surface area (Å²) in [6, 6.07) is 18.8. The first kappa shape index (κ1) is 15.5. The van der Waals surface area contributed by atoms with Gasteiger partial charge in [0.15, 0.2) is 0 Å². The quantitative estimate of drug-likeness (QED) is 0.835. The van der Waals surface area contributed by atoms with Crippen molar-refractivity contribution in [2.75, 3.05) is 0 Å². The van der Waals surface area contributed by atoms with Crippen LogP contribution < -0.4 is 0 Å². The Hall–Kier alpha value is -2.36. The molecule has 0 spiro atoms. The Kier molecular flexibility index (Phi) is 4.91. The van der Waals surface area contributed by atoms with Crippen LogP contribution in [-0.4, -0.2) is 17.2 Å². The fourth-order valence-electron chi connectivity index (χ4n) is 2.76. The summed E-state index contributed by atoms with van der Waals surface area (Å²) in [5, 5.41) is 18.2. The first-order valence-electron chi connectivity index (χ1n) is 7.80. The lowest BCUT2D eigenvalue weighted by atomic mass is 9.80. The second-order valence-electron chi connectivity index (χ2n) is 5.68. The topological polar surface area (TPSA) is 40.5 Å². The predicted molar refractivity (Wildman–Crippen MR) is 96.7 cm³/mol. The summed E-state index contributed by atoms with van der Waals surface area (Å²) in [4.78, 5) is 0. The highest BCUT2D eigenvalue weighted by Crippen LogP contribution is 2.26. The van der Waals surface area contributed by atoms with E-state index in [9.17, 15) is 0 Å². The fraction of sp³-hybridized carbons (Fsp3) is 0.100. The van der Waals surface area contributed by atoms with Gasteiger partial charge in [0, 0.05) is 6.32 Å². The third-order valence-corrected chi connectivity index (χ3v) is 3.92. The Morgan fingerprint density at radius 3 is 2.35 bits per heavy atom. The van der Waals surface area contributed by atoms with Crippen molar-refractivity contribution >= 4 is 12.7 Å². The molecule has 0 aromatic heterocycles. The molecule has 2 aromatic rings. The standard InChI is InChI=1S/C20H19BO2/c22-21(23)15-16-6-4-9-18(13-12-16)20-11-5-10-19(14-20)17-7-2-1-3-8-17/h1-5,7-14,22-23H,6,15H2. The molecule has 1 aliphatic rings.